The van der Waals surface area contributed by atoms with Crippen molar-refractivity contribution in [2.75, 3.05) is 38.3 Å². The maximum Gasteiger partial charge on any atom is 0.316 e. The molecule has 1 rings (SSSR count). The summed E-state index contributed by atoms with van der Waals surface area (Å²) in [6.45, 7) is 2.68. The summed E-state index contributed by atoms with van der Waals surface area (Å²) in [5.41, 5.74) is 0.819. The van der Waals surface area contributed by atoms with Crippen LogP contribution < -0.4 is 10.6 Å². The van der Waals surface area contributed by atoms with E-state index in [0.29, 0.717) is 18.0 Å². The SMILES string of the molecule is CCS(=O)(=O)c1ccc(NCCNC(=O)N(C)C)cc1. The molecule has 0 aliphatic heterocycles. The summed E-state index contributed by atoms with van der Waals surface area (Å²) >= 11 is 0. The van der Waals surface area contributed by atoms with Crippen LogP contribution in [0.5, 0.6) is 0 Å². The zero-order valence-corrected chi connectivity index (χ0v) is 12.8. The van der Waals surface area contributed by atoms with Gasteiger partial charge in [-0.3, -0.25) is 0 Å². The molecule has 0 radical (unpaired) electrons. The first-order chi connectivity index (χ1) is 9.36. The lowest BCUT2D eigenvalue weighted by molar-refractivity contribution is 0.218. The second kappa shape index (κ2) is 7.14. The number of rotatable bonds is 6. The predicted octanol–water partition coefficient (Wildman–Crippen LogP) is 1.16. The van der Waals surface area contributed by atoms with Gasteiger partial charge in [-0.25, -0.2) is 13.2 Å². The molecule has 0 heterocycles. The Labute approximate surface area is 120 Å². The molecule has 2 N–H and O–H groups in total. The number of hydrogen-bond acceptors (Lipinski definition) is 4. The number of urea groups is 1. The van der Waals surface area contributed by atoms with Gasteiger partial charge in [-0.2, -0.15) is 0 Å². The van der Waals surface area contributed by atoms with E-state index in [-0.39, 0.29) is 11.8 Å². The number of carbonyl (C=O) groups is 1. The fraction of sp³-hybridized carbons (Fsp3) is 0.462. The summed E-state index contributed by atoms with van der Waals surface area (Å²) in [7, 11) is 0.201. The van der Waals surface area contributed by atoms with Crippen LogP contribution in [-0.2, 0) is 9.84 Å². The quantitative estimate of drug-likeness (QED) is 0.773. The van der Waals surface area contributed by atoms with Crippen LogP contribution >= 0.6 is 0 Å². The molecule has 0 saturated heterocycles. The molecule has 0 unspecified atom stereocenters. The van der Waals surface area contributed by atoms with Crippen molar-refractivity contribution >= 4 is 21.6 Å². The van der Waals surface area contributed by atoms with Gasteiger partial charge in [0.1, 0.15) is 0 Å². The average molecular weight is 299 g/mol. The first kappa shape index (κ1) is 16.3. The van der Waals surface area contributed by atoms with Crippen molar-refractivity contribution in [3.8, 4) is 0 Å². The van der Waals surface area contributed by atoms with Gasteiger partial charge >= 0.3 is 6.03 Å². The molecule has 7 heteroatoms. The van der Waals surface area contributed by atoms with Crippen molar-refractivity contribution < 1.29 is 13.2 Å². The van der Waals surface area contributed by atoms with E-state index in [4.69, 9.17) is 0 Å². The molecular weight excluding hydrogens is 278 g/mol. The molecule has 0 fully saturated rings. The molecule has 0 spiro atoms. The van der Waals surface area contributed by atoms with E-state index in [0.717, 1.165) is 5.69 Å². The van der Waals surface area contributed by atoms with Crippen LogP contribution in [0.25, 0.3) is 0 Å². The summed E-state index contributed by atoms with van der Waals surface area (Å²) in [6.07, 6.45) is 0. The van der Waals surface area contributed by atoms with Gasteiger partial charge in [0.2, 0.25) is 0 Å². The Bertz CT molecular complexity index is 538. The van der Waals surface area contributed by atoms with E-state index in [2.05, 4.69) is 10.6 Å². The van der Waals surface area contributed by atoms with E-state index in [9.17, 15) is 13.2 Å². The van der Waals surface area contributed by atoms with Crippen LogP contribution in [0, 0.1) is 0 Å². The maximum atomic E-state index is 11.6. The molecular formula is C13H21N3O3S. The molecule has 0 aliphatic carbocycles. The highest BCUT2D eigenvalue weighted by Crippen LogP contribution is 2.14. The highest BCUT2D eigenvalue weighted by Gasteiger charge is 2.10. The highest BCUT2D eigenvalue weighted by atomic mass is 32.2. The Morgan fingerprint density at radius 3 is 2.25 bits per heavy atom. The Hall–Kier alpha value is -1.76. The van der Waals surface area contributed by atoms with E-state index in [1.165, 1.54) is 4.90 Å². The molecule has 1 aromatic rings. The summed E-state index contributed by atoms with van der Waals surface area (Å²) in [4.78, 5) is 13.1. The van der Waals surface area contributed by atoms with E-state index in [1.807, 2.05) is 0 Å². The van der Waals surface area contributed by atoms with E-state index < -0.39 is 9.84 Å². The lowest BCUT2D eigenvalue weighted by Crippen LogP contribution is -2.37. The van der Waals surface area contributed by atoms with E-state index >= 15 is 0 Å². The van der Waals surface area contributed by atoms with Crippen LogP contribution in [0.3, 0.4) is 0 Å². The Balaban J connectivity index is 2.45. The maximum absolute atomic E-state index is 11.6. The van der Waals surface area contributed by atoms with Crippen LogP contribution in [0.4, 0.5) is 10.5 Å². The molecule has 2 amide bonds. The van der Waals surface area contributed by atoms with Gasteiger partial charge in [-0.05, 0) is 24.3 Å². The number of benzene rings is 1. The first-order valence-electron chi connectivity index (χ1n) is 6.38. The standard InChI is InChI=1S/C13H21N3O3S/c1-4-20(18,19)12-7-5-11(6-8-12)14-9-10-15-13(17)16(2)3/h5-8,14H,4,9-10H2,1-3H3,(H,15,17). The predicted molar refractivity (Wildman–Crippen MR) is 79.7 cm³/mol. The summed E-state index contributed by atoms with van der Waals surface area (Å²) in [5.74, 6) is 0.0936. The lowest BCUT2D eigenvalue weighted by atomic mass is 10.3. The molecule has 0 saturated carbocycles. The number of nitrogens with zero attached hydrogens (tertiary/aromatic N) is 1. The normalized spacial score (nSPS) is 10.9. The molecule has 0 aromatic heterocycles. The van der Waals surface area contributed by atoms with Crippen LogP contribution in [0.1, 0.15) is 6.92 Å². The fourth-order valence-corrected chi connectivity index (χ4v) is 2.37. The molecule has 6 nitrogen and oxygen atoms in total. The third-order valence-electron chi connectivity index (χ3n) is 2.73. The van der Waals surface area contributed by atoms with Gasteiger partial charge in [0, 0.05) is 32.9 Å². The smallest absolute Gasteiger partial charge is 0.316 e. The molecule has 0 atom stereocenters. The minimum atomic E-state index is -3.15. The first-order valence-corrected chi connectivity index (χ1v) is 8.04. The van der Waals surface area contributed by atoms with Crippen molar-refractivity contribution in [3.05, 3.63) is 24.3 Å². The second-order valence-electron chi connectivity index (χ2n) is 4.48. The van der Waals surface area contributed by atoms with Gasteiger partial charge in [0.15, 0.2) is 9.84 Å². The van der Waals surface area contributed by atoms with E-state index in [1.54, 1.807) is 45.3 Å². The van der Waals surface area contributed by atoms with Crippen molar-refractivity contribution in [1.82, 2.24) is 10.2 Å². The van der Waals surface area contributed by atoms with Crippen LogP contribution in [0.15, 0.2) is 29.2 Å². The number of nitrogens with one attached hydrogen (secondary N) is 2. The number of carbonyl (C=O) groups excluding carboxylic acids is 1. The number of amides is 2. The minimum absolute atomic E-state index is 0.0936. The Kier molecular flexibility index (Phi) is 5.82. The third kappa shape index (κ3) is 4.73. The van der Waals surface area contributed by atoms with Crippen molar-refractivity contribution in [1.29, 1.82) is 0 Å². The molecule has 112 valence electrons. The Morgan fingerprint density at radius 1 is 1.15 bits per heavy atom. The molecule has 20 heavy (non-hydrogen) atoms. The van der Waals surface area contributed by atoms with Crippen LogP contribution in [0.2, 0.25) is 0 Å². The van der Waals surface area contributed by atoms with Gasteiger partial charge in [0.05, 0.1) is 10.6 Å². The summed E-state index contributed by atoms with van der Waals surface area (Å²) in [5, 5.41) is 5.83. The van der Waals surface area contributed by atoms with Gasteiger partial charge in [0.25, 0.3) is 0 Å². The highest BCUT2D eigenvalue weighted by molar-refractivity contribution is 7.91. The zero-order valence-electron chi connectivity index (χ0n) is 12.0. The monoisotopic (exact) mass is 299 g/mol. The summed E-state index contributed by atoms with van der Waals surface area (Å²) in [6, 6.07) is 6.46. The van der Waals surface area contributed by atoms with Gasteiger partial charge < -0.3 is 15.5 Å². The minimum Gasteiger partial charge on any atom is -0.383 e. The summed E-state index contributed by atoms with van der Waals surface area (Å²) < 4.78 is 23.3. The Morgan fingerprint density at radius 2 is 1.75 bits per heavy atom. The van der Waals surface area contributed by atoms with Gasteiger partial charge in [-0.1, -0.05) is 6.92 Å². The second-order valence-corrected chi connectivity index (χ2v) is 6.76. The zero-order chi connectivity index (χ0) is 15.2. The van der Waals surface area contributed by atoms with Crippen molar-refractivity contribution in [2.24, 2.45) is 0 Å². The third-order valence-corrected chi connectivity index (χ3v) is 4.48. The topological polar surface area (TPSA) is 78.5 Å². The van der Waals surface area contributed by atoms with Crippen molar-refractivity contribution in [3.63, 3.8) is 0 Å². The fourth-order valence-electron chi connectivity index (χ4n) is 1.48. The lowest BCUT2D eigenvalue weighted by Gasteiger charge is -2.12. The molecule has 0 bridgehead atoms. The molecule has 1 aromatic carbocycles. The largest absolute Gasteiger partial charge is 0.383 e. The number of anilines is 1. The average Bonchev–Trinajstić information content (AvgIpc) is 2.43. The number of sulfone groups is 1. The van der Waals surface area contributed by atoms with Crippen LogP contribution in [-0.4, -0.2) is 52.3 Å². The number of hydrogen-bond donors (Lipinski definition) is 2. The molecule has 0 aliphatic rings. The van der Waals surface area contributed by atoms with Gasteiger partial charge in [-0.15, -0.1) is 0 Å². The van der Waals surface area contributed by atoms with Crippen molar-refractivity contribution in [2.45, 2.75) is 11.8 Å².